The zero-order valence-electron chi connectivity index (χ0n) is 6.57. The summed E-state index contributed by atoms with van der Waals surface area (Å²) in [6, 6.07) is 11.5. The number of hydrogen-bond acceptors (Lipinski definition) is 3. The Morgan fingerprint density at radius 3 is 2.83 bits per heavy atom. The fraction of sp³-hybridized carbons (Fsp3) is 0.111. The molecule has 1 aromatic carbocycles. The highest BCUT2D eigenvalue weighted by atomic mass is 15.3. The van der Waals surface area contributed by atoms with Gasteiger partial charge in [-0.25, -0.2) is 0 Å². The van der Waals surface area contributed by atoms with E-state index in [1.165, 1.54) is 6.21 Å². The molecule has 1 aromatic rings. The summed E-state index contributed by atoms with van der Waals surface area (Å²) in [6.45, 7) is 0. The maximum atomic E-state index is 8.19. The Kier molecular flexibility index (Phi) is 3.39. The van der Waals surface area contributed by atoms with Crippen LogP contribution in [-0.4, -0.2) is 6.21 Å². The third kappa shape index (κ3) is 2.84. The first-order valence-corrected chi connectivity index (χ1v) is 3.63. The van der Waals surface area contributed by atoms with Gasteiger partial charge >= 0.3 is 0 Å². The van der Waals surface area contributed by atoms with Gasteiger partial charge in [-0.15, -0.1) is 0 Å². The Hall–Kier alpha value is -1.82. The van der Waals surface area contributed by atoms with E-state index in [0.717, 1.165) is 5.69 Å². The van der Waals surface area contributed by atoms with E-state index in [-0.39, 0.29) is 0 Å². The molecule has 0 heterocycles. The molecule has 12 heavy (non-hydrogen) atoms. The SMILES string of the molecule is N#CC/C=N/Nc1ccccc1. The Morgan fingerprint density at radius 1 is 1.42 bits per heavy atom. The molecule has 1 N–H and O–H groups in total. The van der Waals surface area contributed by atoms with Crippen molar-refractivity contribution in [3.8, 4) is 6.07 Å². The molecule has 0 spiro atoms. The average Bonchev–Trinajstić information content (AvgIpc) is 2.14. The summed E-state index contributed by atoms with van der Waals surface area (Å²) in [6.07, 6.45) is 1.87. The fourth-order valence-corrected chi connectivity index (χ4v) is 0.719. The third-order valence-corrected chi connectivity index (χ3v) is 1.24. The van der Waals surface area contributed by atoms with Crippen LogP contribution in [0, 0.1) is 11.3 Å². The topological polar surface area (TPSA) is 48.2 Å². The molecule has 60 valence electrons. The average molecular weight is 159 g/mol. The lowest BCUT2D eigenvalue weighted by Gasteiger charge is -1.96. The molecule has 0 aromatic heterocycles. The van der Waals surface area contributed by atoms with Gasteiger partial charge in [0.25, 0.3) is 0 Å². The van der Waals surface area contributed by atoms with Gasteiger partial charge in [0.1, 0.15) is 0 Å². The van der Waals surface area contributed by atoms with E-state index in [9.17, 15) is 0 Å². The summed E-state index contributed by atoms with van der Waals surface area (Å²) >= 11 is 0. The minimum absolute atomic E-state index is 0.333. The molecule has 1 rings (SSSR count). The maximum absolute atomic E-state index is 8.19. The molecule has 0 amide bonds. The molecule has 0 saturated heterocycles. The number of benzene rings is 1. The lowest BCUT2D eigenvalue weighted by molar-refractivity contribution is 1.32. The quantitative estimate of drug-likeness (QED) is 0.541. The maximum Gasteiger partial charge on any atom is 0.0722 e. The van der Waals surface area contributed by atoms with Crippen molar-refractivity contribution in [2.45, 2.75) is 6.42 Å². The second kappa shape index (κ2) is 4.91. The van der Waals surface area contributed by atoms with E-state index in [1.807, 2.05) is 36.4 Å². The number of hydrogen-bond donors (Lipinski definition) is 1. The van der Waals surface area contributed by atoms with Crippen molar-refractivity contribution < 1.29 is 0 Å². The van der Waals surface area contributed by atoms with Crippen molar-refractivity contribution in [2.75, 3.05) is 5.43 Å². The third-order valence-electron chi connectivity index (χ3n) is 1.24. The van der Waals surface area contributed by atoms with Gasteiger partial charge in [-0.05, 0) is 12.1 Å². The molecule has 0 fully saturated rings. The standard InChI is InChI=1S/C9H9N3/c10-7-4-8-11-12-9-5-2-1-3-6-9/h1-3,5-6,8,12H,4H2/b11-8+. The highest BCUT2D eigenvalue weighted by Gasteiger charge is 1.82. The van der Waals surface area contributed by atoms with Crippen molar-refractivity contribution >= 4 is 11.9 Å². The second-order valence-electron chi connectivity index (χ2n) is 2.15. The van der Waals surface area contributed by atoms with Crippen molar-refractivity contribution in [3.05, 3.63) is 30.3 Å². The number of nitrogens with one attached hydrogen (secondary N) is 1. The van der Waals surface area contributed by atoms with Gasteiger partial charge in [0, 0.05) is 6.21 Å². The van der Waals surface area contributed by atoms with Crippen LogP contribution in [-0.2, 0) is 0 Å². The number of hydrazone groups is 1. The predicted octanol–water partition coefficient (Wildman–Crippen LogP) is 2.00. The van der Waals surface area contributed by atoms with E-state index in [0.29, 0.717) is 6.42 Å². The van der Waals surface area contributed by atoms with Gasteiger partial charge in [-0.2, -0.15) is 10.4 Å². The molecule has 0 aliphatic rings. The first kappa shape index (κ1) is 8.28. The summed E-state index contributed by atoms with van der Waals surface area (Å²) in [7, 11) is 0. The zero-order chi connectivity index (χ0) is 8.65. The molecule has 0 bridgehead atoms. The summed E-state index contributed by atoms with van der Waals surface area (Å²) in [4.78, 5) is 0. The van der Waals surface area contributed by atoms with Crippen molar-refractivity contribution in [2.24, 2.45) is 5.10 Å². The summed E-state index contributed by atoms with van der Waals surface area (Å²) < 4.78 is 0. The van der Waals surface area contributed by atoms with Crippen LogP contribution < -0.4 is 5.43 Å². The normalized spacial score (nSPS) is 9.58. The lowest BCUT2D eigenvalue weighted by atomic mass is 10.3. The molecular weight excluding hydrogens is 150 g/mol. The van der Waals surface area contributed by atoms with Crippen LogP contribution in [0.4, 0.5) is 5.69 Å². The molecule has 3 heteroatoms. The van der Waals surface area contributed by atoms with Crippen molar-refractivity contribution in [1.29, 1.82) is 5.26 Å². The Bertz CT molecular complexity index is 284. The predicted molar refractivity (Wildman–Crippen MR) is 48.8 cm³/mol. The molecule has 0 aliphatic heterocycles. The van der Waals surface area contributed by atoms with Crippen molar-refractivity contribution in [3.63, 3.8) is 0 Å². The van der Waals surface area contributed by atoms with E-state index < -0.39 is 0 Å². The number of nitrogens with zero attached hydrogens (tertiary/aromatic N) is 2. The minimum atomic E-state index is 0.333. The number of nitriles is 1. The number of rotatable bonds is 3. The largest absolute Gasteiger partial charge is 0.279 e. The number of para-hydroxylation sites is 1. The highest BCUT2D eigenvalue weighted by molar-refractivity contribution is 5.61. The molecule has 0 unspecified atom stereocenters. The fourth-order valence-electron chi connectivity index (χ4n) is 0.719. The van der Waals surface area contributed by atoms with Gasteiger partial charge in [-0.1, -0.05) is 18.2 Å². The molecule has 0 radical (unpaired) electrons. The molecule has 3 nitrogen and oxygen atoms in total. The number of anilines is 1. The summed E-state index contributed by atoms with van der Waals surface area (Å²) in [5, 5.41) is 12.0. The summed E-state index contributed by atoms with van der Waals surface area (Å²) in [5.41, 5.74) is 3.72. The molecule has 0 atom stereocenters. The van der Waals surface area contributed by atoms with Crippen LogP contribution in [0.15, 0.2) is 35.4 Å². The minimum Gasteiger partial charge on any atom is -0.279 e. The van der Waals surface area contributed by atoms with Crippen LogP contribution in [0.3, 0.4) is 0 Å². The van der Waals surface area contributed by atoms with Gasteiger partial charge in [0.2, 0.25) is 0 Å². The lowest BCUT2D eigenvalue weighted by Crippen LogP contribution is -1.87. The molecular formula is C9H9N3. The van der Waals surface area contributed by atoms with Crippen LogP contribution >= 0.6 is 0 Å². The van der Waals surface area contributed by atoms with E-state index in [4.69, 9.17) is 5.26 Å². The van der Waals surface area contributed by atoms with E-state index in [2.05, 4.69) is 10.5 Å². The first-order valence-electron chi connectivity index (χ1n) is 3.63. The first-order chi connectivity index (χ1) is 5.93. The van der Waals surface area contributed by atoms with E-state index in [1.54, 1.807) is 0 Å². The Balaban J connectivity index is 2.39. The van der Waals surface area contributed by atoms with Gasteiger partial charge in [0.15, 0.2) is 0 Å². The van der Waals surface area contributed by atoms with Crippen LogP contribution in [0.5, 0.6) is 0 Å². The zero-order valence-corrected chi connectivity index (χ0v) is 6.57. The van der Waals surface area contributed by atoms with Crippen LogP contribution in [0.2, 0.25) is 0 Å². The van der Waals surface area contributed by atoms with Gasteiger partial charge in [0.05, 0.1) is 18.2 Å². The van der Waals surface area contributed by atoms with Gasteiger partial charge in [-0.3, -0.25) is 5.43 Å². The van der Waals surface area contributed by atoms with Crippen LogP contribution in [0.25, 0.3) is 0 Å². The highest BCUT2D eigenvalue weighted by Crippen LogP contribution is 2.03. The smallest absolute Gasteiger partial charge is 0.0722 e. The monoisotopic (exact) mass is 159 g/mol. The van der Waals surface area contributed by atoms with Gasteiger partial charge < -0.3 is 0 Å². The Morgan fingerprint density at radius 2 is 2.17 bits per heavy atom. The van der Waals surface area contributed by atoms with Crippen LogP contribution in [0.1, 0.15) is 6.42 Å². The second-order valence-corrected chi connectivity index (χ2v) is 2.15. The Labute approximate surface area is 71.3 Å². The molecule has 0 saturated carbocycles. The van der Waals surface area contributed by atoms with Crippen molar-refractivity contribution in [1.82, 2.24) is 0 Å². The van der Waals surface area contributed by atoms with E-state index >= 15 is 0 Å². The molecule has 0 aliphatic carbocycles. The summed E-state index contributed by atoms with van der Waals surface area (Å²) in [5.74, 6) is 0.